The summed E-state index contributed by atoms with van der Waals surface area (Å²) in [5.41, 5.74) is 0.370. The minimum atomic E-state index is -0.562. The van der Waals surface area contributed by atoms with E-state index >= 15 is 0 Å². The normalized spacial score (nSPS) is 14.0. The second-order valence-electron chi connectivity index (χ2n) is 1.94. The van der Waals surface area contributed by atoms with E-state index in [4.69, 9.17) is 0 Å². The van der Waals surface area contributed by atoms with Gasteiger partial charge in [0.15, 0.2) is 0 Å². The molecule has 0 spiro atoms. The first-order valence-electron chi connectivity index (χ1n) is 3.20. The molecule has 0 aromatic heterocycles. The van der Waals surface area contributed by atoms with Gasteiger partial charge in [-0.2, -0.15) is 0 Å². The lowest BCUT2D eigenvalue weighted by Crippen LogP contribution is -1.99. The second-order valence-corrected chi connectivity index (χ2v) is 1.94. The summed E-state index contributed by atoms with van der Waals surface area (Å²) in [5, 5.41) is 0. The molecule has 12 heavy (non-hydrogen) atoms. The van der Waals surface area contributed by atoms with Crippen LogP contribution < -0.4 is 0 Å². The maximum absolute atomic E-state index is 10.3. The third kappa shape index (κ3) is 3.55. The zero-order valence-corrected chi connectivity index (χ0v) is 6.99. The summed E-state index contributed by atoms with van der Waals surface area (Å²) in [7, 11) is 1.56. The quantitative estimate of drug-likeness (QED) is 0.331. The number of carbonyl (C=O) groups is 2. The van der Waals surface area contributed by atoms with Gasteiger partial charge < -0.3 is 9.47 Å². The van der Waals surface area contributed by atoms with E-state index in [-0.39, 0.29) is 0 Å². The first kappa shape index (κ1) is 10.4. The number of ether oxygens (including phenoxy) is 2. The summed E-state index contributed by atoms with van der Waals surface area (Å²) in [4.78, 5) is 20.4. The zero-order valence-electron chi connectivity index (χ0n) is 6.99. The van der Waals surface area contributed by atoms with Crippen molar-refractivity contribution >= 4 is 11.9 Å². The first-order chi connectivity index (χ1) is 5.61. The van der Waals surface area contributed by atoms with Gasteiger partial charge >= 0.3 is 11.9 Å². The molecule has 0 unspecified atom stereocenters. The van der Waals surface area contributed by atoms with Gasteiger partial charge in [-0.3, -0.25) is 0 Å². The molecule has 0 fully saturated rings. The van der Waals surface area contributed by atoms with Crippen molar-refractivity contribution in [2.75, 3.05) is 7.11 Å². The molecule has 0 saturated heterocycles. The molecule has 66 valence electrons. The van der Waals surface area contributed by atoms with E-state index in [0.717, 1.165) is 0 Å². The van der Waals surface area contributed by atoms with Crippen LogP contribution in [0.25, 0.3) is 0 Å². The maximum Gasteiger partial charge on any atom is 0.341 e. The molecule has 0 radical (unpaired) electrons. The Morgan fingerprint density at radius 2 is 2.08 bits per heavy atom. The van der Waals surface area contributed by atoms with Crippen LogP contribution in [0.2, 0.25) is 0 Å². The molecule has 0 saturated carbocycles. The van der Waals surface area contributed by atoms with E-state index in [1.165, 1.54) is 19.3 Å². The van der Waals surface area contributed by atoms with Gasteiger partial charge in [-0.05, 0) is 6.92 Å². The van der Waals surface area contributed by atoms with Gasteiger partial charge in [0, 0.05) is 11.6 Å². The van der Waals surface area contributed by atoms with E-state index in [2.05, 4.69) is 16.1 Å². The fourth-order valence-electron chi connectivity index (χ4n) is 0.437. The molecule has 0 atom stereocenters. The molecule has 1 aliphatic heterocycles. The molecule has 1 aliphatic rings. The van der Waals surface area contributed by atoms with E-state index in [1.807, 2.05) is 0 Å². The number of methoxy groups -OCH3 is 1. The minimum Gasteiger partial charge on any atom is -0.505 e. The molecule has 0 aromatic carbocycles. The number of cyclic esters (lactones) is 2. The van der Waals surface area contributed by atoms with Crippen LogP contribution in [0.15, 0.2) is 24.5 Å². The van der Waals surface area contributed by atoms with Crippen molar-refractivity contribution in [2.24, 2.45) is 0 Å². The lowest BCUT2D eigenvalue weighted by Gasteiger charge is -1.83. The van der Waals surface area contributed by atoms with E-state index in [9.17, 15) is 9.59 Å². The number of rotatable bonds is 1. The summed E-state index contributed by atoms with van der Waals surface area (Å²) >= 11 is 0. The summed E-state index contributed by atoms with van der Waals surface area (Å²) in [6.07, 6.45) is 2.54. The average Bonchev–Trinajstić information content (AvgIpc) is 2.30. The van der Waals surface area contributed by atoms with Crippen LogP contribution in [-0.4, -0.2) is 19.0 Å². The predicted molar refractivity (Wildman–Crippen MR) is 42.1 cm³/mol. The van der Waals surface area contributed by atoms with Gasteiger partial charge in [-0.1, -0.05) is 6.58 Å². The molecule has 0 aromatic rings. The van der Waals surface area contributed by atoms with Gasteiger partial charge in [0.25, 0.3) is 0 Å². The number of hydrogen-bond acceptors (Lipinski definition) is 4. The Morgan fingerprint density at radius 1 is 1.58 bits per heavy atom. The molecule has 0 amide bonds. The monoisotopic (exact) mass is 170 g/mol. The highest BCUT2D eigenvalue weighted by atomic mass is 16.6. The Kier molecular flexibility index (Phi) is 4.45. The van der Waals surface area contributed by atoms with Gasteiger partial charge in [-0.25, -0.2) is 9.59 Å². The third-order valence-electron chi connectivity index (χ3n) is 1.02. The Bertz CT molecular complexity index is 227. The van der Waals surface area contributed by atoms with E-state index in [0.29, 0.717) is 5.57 Å². The highest BCUT2D eigenvalue weighted by molar-refractivity contribution is 6.08. The van der Waals surface area contributed by atoms with Gasteiger partial charge in [0.2, 0.25) is 0 Å². The zero-order chi connectivity index (χ0) is 9.56. The van der Waals surface area contributed by atoms with Crippen LogP contribution in [0.5, 0.6) is 0 Å². The van der Waals surface area contributed by atoms with Crippen molar-refractivity contribution in [1.29, 1.82) is 0 Å². The molecule has 0 aliphatic carbocycles. The lowest BCUT2D eigenvalue weighted by molar-refractivity contribution is -0.150. The number of esters is 2. The van der Waals surface area contributed by atoms with Crippen LogP contribution in [0.4, 0.5) is 0 Å². The van der Waals surface area contributed by atoms with Crippen LogP contribution >= 0.6 is 0 Å². The van der Waals surface area contributed by atoms with Crippen LogP contribution in [-0.2, 0) is 19.1 Å². The number of hydrogen-bond donors (Lipinski definition) is 0. The molecule has 1 rings (SSSR count). The van der Waals surface area contributed by atoms with Crippen LogP contribution in [0.1, 0.15) is 6.92 Å². The Hall–Kier alpha value is -1.58. The fraction of sp³-hybridized carbons (Fsp3) is 0.250. The van der Waals surface area contributed by atoms with Gasteiger partial charge in [0.1, 0.15) is 0 Å². The summed E-state index contributed by atoms with van der Waals surface area (Å²) < 4.78 is 8.41. The molecule has 4 nitrogen and oxygen atoms in total. The topological polar surface area (TPSA) is 52.6 Å². The fourth-order valence-corrected chi connectivity index (χ4v) is 0.437. The molecular formula is C8H10O4. The van der Waals surface area contributed by atoms with Crippen LogP contribution in [0, 0.1) is 0 Å². The molecule has 0 bridgehead atoms. The molecule has 4 heteroatoms. The Morgan fingerprint density at radius 3 is 2.17 bits per heavy atom. The average molecular weight is 170 g/mol. The van der Waals surface area contributed by atoms with Crippen molar-refractivity contribution < 1.29 is 19.1 Å². The van der Waals surface area contributed by atoms with E-state index < -0.39 is 11.9 Å². The van der Waals surface area contributed by atoms with Gasteiger partial charge in [-0.15, -0.1) is 0 Å². The van der Waals surface area contributed by atoms with Crippen molar-refractivity contribution in [2.45, 2.75) is 6.92 Å². The second kappa shape index (κ2) is 5.12. The minimum absolute atomic E-state index is 0.370. The van der Waals surface area contributed by atoms with Gasteiger partial charge in [0.05, 0.1) is 13.4 Å². The highest BCUT2D eigenvalue weighted by Crippen LogP contribution is 2.04. The summed E-state index contributed by atoms with van der Waals surface area (Å²) in [6.45, 7) is 4.79. The standard InChI is InChI=1S/C5H4O3.C3H6O/c1-3-2-4(6)8-5(3)7;1-3-4-2/h2H,1H3;3H,1H2,2H3. The summed E-state index contributed by atoms with van der Waals surface area (Å²) in [6, 6.07) is 0. The largest absolute Gasteiger partial charge is 0.505 e. The third-order valence-corrected chi connectivity index (χ3v) is 1.02. The highest BCUT2D eigenvalue weighted by Gasteiger charge is 2.18. The van der Waals surface area contributed by atoms with Crippen molar-refractivity contribution in [3.05, 3.63) is 24.5 Å². The smallest absolute Gasteiger partial charge is 0.341 e. The van der Waals surface area contributed by atoms with Crippen molar-refractivity contribution in [3.8, 4) is 0 Å². The molecular weight excluding hydrogens is 160 g/mol. The maximum atomic E-state index is 10.3. The molecule has 0 N–H and O–H groups in total. The number of carbonyl (C=O) groups excluding carboxylic acids is 2. The summed E-state index contributed by atoms with van der Waals surface area (Å²) in [5.74, 6) is -1.09. The SMILES string of the molecule is C=COC.CC1=CC(=O)OC1=O. The lowest BCUT2D eigenvalue weighted by atomic mass is 10.3. The van der Waals surface area contributed by atoms with Crippen LogP contribution in [0.3, 0.4) is 0 Å². The van der Waals surface area contributed by atoms with E-state index in [1.54, 1.807) is 7.11 Å². The Labute approximate surface area is 70.5 Å². The Balaban J connectivity index is 0.000000261. The van der Waals surface area contributed by atoms with Crippen molar-refractivity contribution in [3.63, 3.8) is 0 Å². The van der Waals surface area contributed by atoms with Crippen molar-refractivity contribution in [1.82, 2.24) is 0 Å². The first-order valence-corrected chi connectivity index (χ1v) is 3.20. The molecule has 1 heterocycles. The predicted octanol–water partition coefficient (Wildman–Crippen LogP) is 0.792.